The number of carbonyl (C=O) groups excluding carboxylic acids is 4. The quantitative estimate of drug-likeness (QED) is 0.0183. The van der Waals surface area contributed by atoms with Crippen molar-refractivity contribution in [2.24, 2.45) is 5.73 Å². The summed E-state index contributed by atoms with van der Waals surface area (Å²) >= 11 is 0. The molecule has 10 N–H and O–H groups in total. The molecule has 0 aliphatic carbocycles. The predicted octanol–water partition coefficient (Wildman–Crippen LogP) is 5.66. The van der Waals surface area contributed by atoms with Gasteiger partial charge in [-0.25, -0.2) is 9.78 Å². The number of aliphatic carboxylic acids is 1. The maximum Gasteiger partial charge on any atom is 0.326 e. The lowest BCUT2D eigenvalue weighted by molar-refractivity contribution is -0.142. The van der Waals surface area contributed by atoms with E-state index >= 15 is 0 Å². The molecule has 0 saturated carbocycles. The van der Waals surface area contributed by atoms with Crippen molar-refractivity contribution in [1.82, 2.24) is 30.8 Å². The number of benzene rings is 4. The second-order valence-corrected chi connectivity index (χ2v) is 17.2. The zero-order valence-electron chi connectivity index (χ0n) is 38.5. The minimum Gasteiger partial charge on any atom is -0.506 e. The average molecular weight is 915 g/mol. The number of imidazole rings is 1. The molecule has 1 unspecified atom stereocenters. The van der Waals surface area contributed by atoms with Crippen LogP contribution in [0.25, 0.3) is 0 Å². The number of nitrogens with two attached hydrogens (primary N) is 2. The summed E-state index contributed by atoms with van der Waals surface area (Å²) < 4.78 is 1.97. The maximum absolute atomic E-state index is 14.3. The third-order valence-electron chi connectivity index (χ3n) is 11.7. The Morgan fingerprint density at radius 2 is 1.28 bits per heavy atom. The standard InChI is InChI=1S/C52H66N8O7/c1-3-4-5-6-13-21-47(62)55-28-15-14-20-43(57-49(63)42(54)32-40-33-60(34-56-40)48(38-16-9-7-10-17-38)39-18-11-8-12-19-39)50(64)58-44(30-36-24-22-35(2)23-25-36)51(65)59-45(52(66)67)31-37-26-27-46(61)41(53)29-37/h7-12,16-19,22-27,29,33-34,42-45,48,61H,3-6,13-15,20-21,28,30-32,53-54H2,1-2H3,(H,55,62)(H,57,63)(H,58,64)(H,59,65)(H,66,67)/t42-,43-,44+,45?/m0/s1. The van der Waals surface area contributed by atoms with Gasteiger partial charge < -0.3 is 47.5 Å². The highest BCUT2D eigenvalue weighted by molar-refractivity contribution is 5.94. The number of hydrogen-bond acceptors (Lipinski definition) is 9. The number of carboxylic acid groups (broad SMARTS) is 1. The molecular weight excluding hydrogens is 849 g/mol. The molecule has 0 radical (unpaired) electrons. The van der Waals surface area contributed by atoms with Crippen LogP contribution in [0.3, 0.4) is 0 Å². The third-order valence-corrected chi connectivity index (χ3v) is 11.7. The van der Waals surface area contributed by atoms with Gasteiger partial charge in [-0.2, -0.15) is 0 Å². The van der Waals surface area contributed by atoms with Crippen LogP contribution in [0.2, 0.25) is 0 Å². The van der Waals surface area contributed by atoms with Gasteiger partial charge in [0.2, 0.25) is 23.6 Å². The van der Waals surface area contributed by atoms with E-state index in [1.807, 2.05) is 103 Å². The Kier molecular flexibility index (Phi) is 20.0. The number of phenols is 1. The monoisotopic (exact) mass is 915 g/mol. The second-order valence-electron chi connectivity index (χ2n) is 17.2. The number of carboxylic acids is 1. The molecule has 15 heteroatoms. The number of carbonyl (C=O) groups is 5. The van der Waals surface area contributed by atoms with Crippen LogP contribution in [0.5, 0.6) is 5.75 Å². The summed E-state index contributed by atoms with van der Waals surface area (Å²) in [4.78, 5) is 71.8. The Morgan fingerprint density at radius 1 is 0.687 bits per heavy atom. The van der Waals surface area contributed by atoms with Gasteiger partial charge in [-0.3, -0.25) is 19.2 Å². The van der Waals surface area contributed by atoms with Gasteiger partial charge in [-0.05, 0) is 67.0 Å². The molecule has 1 aromatic heterocycles. The molecule has 5 aromatic rings. The number of aromatic nitrogens is 2. The van der Waals surface area contributed by atoms with Gasteiger partial charge >= 0.3 is 5.97 Å². The SMILES string of the molecule is CCCCCCCC(=O)NCCCC[C@H](NC(=O)[C@@H](N)Cc1cn(C(c2ccccc2)c2ccccc2)cn1)C(=O)N[C@H](Cc1ccc(C)cc1)C(=O)NC(Cc1ccc(O)c(N)c1)C(=O)O. The van der Waals surface area contributed by atoms with E-state index in [2.05, 4.69) is 33.2 Å². The molecule has 4 atom stereocenters. The summed E-state index contributed by atoms with van der Waals surface area (Å²) in [5.74, 6) is -3.54. The minimum atomic E-state index is -1.41. The van der Waals surface area contributed by atoms with Crippen molar-refractivity contribution in [2.45, 2.75) is 121 Å². The van der Waals surface area contributed by atoms with Crippen molar-refractivity contribution < 1.29 is 34.2 Å². The first-order chi connectivity index (χ1) is 32.3. The summed E-state index contributed by atoms with van der Waals surface area (Å²) in [6.45, 7) is 4.44. The molecule has 5 rings (SSSR count). The molecule has 4 amide bonds. The molecule has 0 aliphatic heterocycles. The van der Waals surface area contributed by atoms with Crippen LogP contribution in [-0.4, -0.2) is 80.1 Å². The first kappa shape index (κ1) is 51.0. The predicted molar refractivity (Wildman–Crippen MR) is 259 cm³/mol. The van der Waals surface area contributed by atoms with Crippen LogP contribution in [0, 0.1) is 6.92 Å². The molecular formula is C52H66N8O7. The normalized spacial score (nSPS) is 13.0. The summed E-state index contributed by atoms with van der Waals surface area (Å²) in [6.07, 6.45) is 10.2. The van der Waals surface area contributed by atoms with Gasteiger partial charge in [0.15, 0.2) is 0 Å². The largest absolute Gasteiger partial charge is 0.506 e. The second kappa shape index (κ2) is 26.2. The maximum atomic E-state index is 14.3. The van der Waals surface area contributed by atoms with E-state index in [1.165, 1.54) is 18.2 Å². The fraction of sp³-hybridized carbons (Fsp3) is 0.385. The Labute approximate surface area is 393 Å². The number of nitrogens with one attached hydrogen (secondary N) is 4. The number of nitrogens with zero attached hydrogens (tertiary/aromatic N) is 2. The van der Waals surface area contributed by atoms with Gasteiger partial charge in [0.05, 0.1) is 29.8 Å². The lowest BCUT2D eigenvalue weighted by Gasteiger charge is -2.25. The molecule has 1 heterocycles. The third kappa shape index (κ3) is 16.4. The molecule has 356 valence electrons. The van der Waals surface area contributed by atoms with E-state index in [-0.39, 0.29) is 49.1 Å². The smallest absolute Gasteiger partial charge is 0.326 e. The fourth-order valence-electron chi connectivity index (χ4n) is 7.86. The fourth-order valence-corrected chi connectivity index (χ4v) is 7.86. The first-order valence-electron chi connectivity index (χ1n) is 23.2. The number of rotatable bonds is 27. The molecule has 15 nitrogen and oxygen atoms in total. The van der Waals surface area contributed by atoms with E-state index < -0.39 is 47.9 Å². The number of anilines is 1. The highest BCUT2D eigenvalue weighted by Gasteiger charge is 2.31. The van der Waals surface area contributed by atoms with E-state index in [0.717, 1.165) is 48.8 Å². The molecule has 0 bridgehead atoms. The summed E-state index contributed by atoms with van der Waals surface area (Å²) in [5, 5.41) is 31.2. The molecule has 0 saturated heterocycles. The van der Waals surface area contributed by atoms with Gasteiger partial charge in [-0.1, -0.05) is 129 Å². The number of phenolic OH excluding ortho intramolecular Hbond substituents is 1. The Hall–Kier alpha value is -7.00. The number of aromatic hydroxyl groups is 1. The Balaban J connectivity index is 1.31. The molecule has 4 aromatic carbocycles. The van der Waals surface area contributed by atoms with Crippen LogP contribution in [-0.2, 0) is 43.2 Å². The zero-order valence-corrected chi connectivity index (χ0v) is 38.5. The van der Waals surface area contributed by atoms with E-state index in [9.17, 15) is 34.2 Å². The average Bonchev–Trinajstić information content (AvgIpc) is 3.77. The van der Waals surface area contributed by atoms with Crippen molar-refractivity contribution in [3.63, 3.8) is 0 Å². The Bertz CT molecular complexity index is 2320. The van der Waals surface area contributed by atoms with Crippen molar-refractivity contribution in [3.8, 4) is 5.75 Å². The van der Waals surface area contributed by atoms with Crippen molar-refractivity contribution in [2.75, 3.05) is 12.3 Å². The van der Waals surface area contributed by atoms with Gasteiger partial charge in [0.1, 0.15) is 23.9 Å². The number of aryl methyl sites for hydroxylation is 1. The Morgan fingerprint density at radius 3 is 1.93 bits per heavy atom. The molecule has 67 heavy (non-hydrogen) atoms. The minimum absolute atomic E-state index is 0.0105. The van der Waals surface area contributed by atoms with Crippen LogP contribution in [0.4, 0.5) is 5.69 Å². The van der Waals surface area contributed by atoms with Crippen molar-refractivity contribution in [3.05, 3.63) is 149 Å². The van der Waals surface area contributed by atoms with Crippen LogP contribution in [0.15, 0.2) is 116 Å². The zero-order chi connectivity index (χ0) is 48.1. The van der Waals surface area contributed by atoms with Crippen LogP contribution < -0.4 is 32.7 Å². The van der Waals surface area contributed by atoms with Gasteiger partial charge in [0.25, 0.3) is 0 Å². The number of unbranched alkanes of at least 4 members (excludes halogenated alkanes) is 5. The lowest BCUT2D eigenvalue weighted by Crippen LogP contribution is -2.58. The molecule has 0 aliphatic rings. The first-order valence-corrected chi connectivity index (χ1v) is 23.2. The summed E-state index contributed by atoms with van der Waals surface area (Å²) in [6, 6.07) is 26.5. The van der Waals surface area contributed by atoms with E-state index in [4.69, 9.17) is 11.5 Å². The number of nitrogen functional groups attached to an aromatic ring is 1. The van der Waals surface area contributed by atoms with E-state index in [0.29, 0.717) is 42.6 Å². The van der Waals surface area contributed by atoms with Gasteiger partial charge in [-0.15, -0.1) is 0 Å². The van der Waals surface area contributed by atoms with Gasteiger partial charge in [0, 0.05) is 38.4 Å². The van der Waals surface area contributed by atoms with Crippen LogP contribution in [0.1, 0.15) is 104 Å². The molecule has 0 fully saturated rings. The van der Waals surface area contributed by atoms with Crippen molar-refractivity contribution in [1.29, 1.82) is 0 Å². The highest BCUT2D eigenvalue weighted by Crippen LogP contribution is 2.27. The number of hydrogen-bond donors (Lipinski definition) is 8. The molecule has 0 spiro atoms. The summed E-state index contributed by atoms with van der Waals surface area (Å²) in [5.41, 5.74) is 17.2. The lowest BCUT2D eigenvalue weighted by atomic mass is 9.98. The van der Waals surface area contributed by atoms with E-state index in [1.54, 1.807) is 6.33 Å². The van der Waals surface area contributed by atoms with Crippen LogP contribution >= 0.6 is 0 Å². The number of amides is 4. The topological polar surface area (TPSA) is 244 Å². The van der Waals surface area contributed by atoms with Crippen molar-refractivity contribution >= 4 is 35.3 Å². The highest BCUT2D eigenvalue weighted by atomic mass is 16.4. The summed E-state index contributed by atoms with van der Waals surface area (Å²) in [7, 11) is 0.